The summed E-state index contributed by atoms with van der Waals surface area (Å²) >= 11 is 0. The van der Waals surface area contributed by atoms with Crippen molar-refractivity contribution in [3.05, 3.63) is 42.5 Å². The highest BCUT2D eigenvalue weighted by Gasteiger charge is 2.31. The van der Waals surface area contributed by atoms with E-state index in [2.05, 4.69) is 19.4 Å². The second-order valence-corrected chi connectivity index (χ2v) is 5.98. The van der Waals surface area contributed by atoms with Gasteiger partial charge in [0.25, 0.3) is 0 Å². The summed E-state index contributed by atoms with van der Waals surface area (Å²) in [5, 5.41) is 3.65. The van der Waals surface area contributed by atoms with Crippen LogP contribution in [0.4, 0.5) is 0 Å². The van der Waals surface area contributed by atoms with Crippen molar-refractivity contribution >= 4 is 10.0 Å². The maximum Gasteiger partial charge on any atom is 0.241 e. The van der Waals surface area contributed by atoms with Gasteiger partial charge in [-0.05, 0) is 26.0 Å². The van der Waals surface area contributed by atoms with Crippen molar-refractivity contribution in [3.8, 4) is 0 Å². The quantitative estimate of drug-likeness (QED) is 0.902. The Kier molecular flexibility index (Phi) is 3.18. The highest BCUT2D eigenvalue weighted by Crippen LogP contribution is 2.19. The lowest BCUT2D eigenvalue weighted by atomic mass is 10.1. The predicted molar refractivity (Wildman–Crippen MR) is 64.1 cm³/mol. The Hall–Kier alpha value is -1.73. The van der Waals surface area contributed by atoms with E-state index < -0.39 is 15.6 Å². The molecule has 1 N–H and O–H groups in total. The van der Waals surface area contributed by atoms with E-state index in [4.69, 9.17) is 0 Å². The number of nitrogens with one attached hydrogen (secondary N) is 1. The van der Waals surface area contributed by atoms with Crippen LogP contribution in [0, 0.1) is 0 Å². The zero-order chi connectivity index (χ0) is 13.2. The highest BCUT2D eigenvalue weighted by atomic mass is 32.2. The van der Waals surface area contributed by atoms with Crippen molar-refractivity contribution in [2.24, 2.45) is 0 Å². The largest absolute Gasteiger partial charge is 0.343 e. The minimum atomic E-state index is -3.62. The summed E-state index contributed by atoms with van der Waals surface area (Å²) < 4.78 is 31.5. The van der Waals surface area contributed by atoms with E-state index in [-0.39, 0.29) is 10.7 Å². The van der Waals surface area contributed by atoms with Crippen molar-refractivity contribution in [1.82, 2.24) is 14.9 Å². The van der Waals surface area contributed by atoms with Gasteiger partial charge in [-0.3, -0.25) is 0 Å². The minimum Gasteiger partial charge on any atom is -0.343 e. The maximum atomic E-state index is 12.1. The lowest BCUT2D eigenvalue weighted by Crippen LogP contribution is -2.41. The number of aromatic nitrogens is 2. The molecule has 1 aromatic heterocycles. The number of benzene rings is 1. The van der Waals surface area contributed by atoms with E-state index in [1.165, 1.54) is 12.1 Å². The maximum absolute atomic E-state index is 12.1. The molecular weight excluding hydrogens is 254 g/mol. The van der Waals surface area contributed by atoms with Gasteiger partial charge < -0.3 is 4.52 Å². The Bertz CT molecular complexity index is 606. The van der Waals surface area contributed by atoms with Gasteiger partial charge in [0, 0.05) is 0 Å². The summed E-state index contributed by atoms with van der Waals surface area (Å²) in [5.41, 5.74) is -0.943. The summed E-state index contributed by atoms with van der Waals surface area (Å²) in [6.45, 7) is 3.33. The van der Waals surface area contributed by atoms with Crippen molar-refractivity contribution in [2.75, 3.05) is 0 Å². The Balaban J connectivity index is 2.29. The molecule has 0 fully saturated rings. The molecule has 6 nitrogen and oxygen atoms in total. The predicted octanol–water partition coefficient (Wildman–Crippen LogP) is 1.28. The topological polar surface area (TPSA) is 85.1 Å². The molecule has 0 atom stereocenters. The molecule has 0 aliphatic carbocycles. The highest BCUT2D eigenvalue weighted by molar-refractivity contribution is 7.89. The van der Waals surface area contributed by atoms with Crippen LogP contribution in [0.3, 0.4) is 0 Å². The standard InChI is InChI=1S/C11H13N3O3S/c1-11(2,10-12-8-17-13-10)14-18(15,16)9-6-4-3-5-7-9/h3-8,14H,1-2H3. The first kappa shape index (κ1) is 12.7. The third kappa shape index (κ3) is 2.57. The van der Waals surface area contributed by atoms with Gasteiger partial charge in [-0.15, -0.1) is 0 Å². The molecular formula is C11H13N3O3S. The number of sulfonamides is 1. The molecule has 0 saturated heterocycles. The molecule has 0 aliphatic heterocycles. The van der Waals surface area contributed by atoms with Gasteiger partial charge in [-0.1, -0.05) is 23.4 Å². The van der Waals surface area contributed by atoms with Crippen LogP contribution in [0.5, 0.6) is 0 Å². The average Bonchev–Trinajstić information content (AvgIpc) is 2.83. The Morgan fingerprint density at radius 1 is 1.22 bits per heavy atom. The monoisotopic (exact) mass is 267 g/mol. The first-order valence-electron chi connectivity index (χ1n) is 5.28. The molecule has 0 aliphatic rings. The third-order valence-electron chi connectivity index (χ3n) is 2.36. The SMILES string of the molecule is CC(C)(NS(=O)(=O)c1ccccc1)c1ncon1. The molecule has 0 spiro atoms. The molecule has 0 amide bonds. The van der Waals surface area contributed by atoms with Crippen molar-refractivity contribution < 1.29 is 12.9 Å². The number of hydrogen-bond donors (Lipinski definition) is 1. The molecule has 0 radical (unpaired) electrons. The summed E-state index contributed by atoms with van der Waals surface area (Å²) in [6.07, 6.45) is 1.16. The second-order valence-electron chi connectivity index (χ2n) is 4.30. The van der Waals surface area contributed by atoms with Crippen LogP contribution < -0.4 is 4.72 Å². The van der Waals surface area contributed by atoms with Gasteiger partial charge in [0.1, 0.15) is 0 Å². The Morgan fingerprint density at radius 2 is 1.89 bits per heavy atom. The fourth-order valence-corrected chi connectivity index (χ4v) is 2.88. The Labute approximate surface area is 105 Å². The molecule has 96 valence electrons. The van der Waals surface area contributed by atoms with Gasteiger partial charge in [-0.25, -0.2) is 8.42 Å². The van der Waals surface area contributed by atoms with Gasteiger partial charge >= 0.3 is 0 Å². The lowest BCUT2D eigenvalue weighted by molar-refractivity contribution is 0.375. The summed E-state index contributed by atoms with van der Waals surface area (Å²) in [4.78, 5) is 4.06. The molecule has 1 heterocycles. The molecule has 7 heteroatoms. The van der Waals surface area contributed by atoms with Crippen LogP contribution in [0.2, 0.25) is 0 Å². The van der Waals surface area contributed by atoms with Crippen LogP contribution in [0.15, 0.2) is 46.1 Å². The smallest absolute Gasteiger partial charge is 0.241 e. The average molecular weight is 267 g/mol. The van der Waals surface area contributed by atoms with E-state index in [1.807, 2.05) is 0 Å². The molecule has 2 rings (SSSR count). The van der Waals surface area contributed by atoms with Gasteiger partial charge in [0.2, 0.25) is 16.4 Å². The van der Waals surface area contributed by atoms with Crippen molar-refractivity contribution in [1.29, 1.82) is 0 Å². The van der Waals surface area contributed by atoms with E-state index in [1.54, 1.807) is 32.0 Å². The van der Waals surface area contributed by atoms with Crippen LogP contribution in [-0.4, -0.2) is 18.6 Å². The number of nitrogens with zero attached hydrogens (tertiary/aromatic N) is 2. The van der Waals surface area contributed by atoms with E-state index in [0.29, 0.717) is 0 Å². The van der Waals surface area contributed by atoms with Crippen molar-refractivity contribution in [2.45, 2.75) is 24.3 Å². The fraction of sp³-hybridized carbons (Fsp3) is 0.273. The third-order valence-corrected chi connectivity index (χ3v) is 4.04. The van der Waals surface area contributed by atoms with Crippen LogP contribution in [0.1, 0.15) is 19.7 Å². The van der Waals surface area contributed by atoms with Crippen LogP contribution in [0.25, 0.3) is 0 Å². The zero-order valence-electron chi connectivity index (χ0n) is 9.99. The molecule has 1 aromatic carbocycles. The zero-order valence-corrected chi connectivity index (χ0v) is 10.8. The molecule has 0 unspecified atom stereocenters. The second kappa shape index (κ2) is 4.51. The first-order valence-corrected chi connectivity index (χ1v) is 6.76. The van der Waals surface area contributed by atoms with Gasteiger partial charge in [0.05, 0.1) is 10.4 Å². The minimum absolute atomic E-state index is 0.196. The van der Waals surface area contributed by atoms with E-state index in [9.17, 15) is 8.42 Å². The molecule has 2 aromatic rings. The van der Waals surface area contributed by atoms with Gasteiger partial charge in [0.15, 0.2) is 5.82 Å². The molecule has 0 bridgehead atoms. The molecule has 0 saturated carbocycles. The Morgan fingerprint density at radius 3 is 2.44 bits per heavy atom. The summed E-state index contributed by atoms with van der Waals surface area (Å²) in [7, 11) is -3.62. The van der Waals surface area contributed by atoms with Crippen LogP contribution >= 0.6 is 0 Å². The van der Waals surface area contributed by atoms with Gasteiger partial charge in [-0.2, -0.15) is 9.71 Å². The summed E-state index contributed by atoms with van der Waals surface area (Å²) in [5.74, 6) is 0.280. The first-order chi connectivity index (χ1) is 8.42. The van der Waals surface area contributed by atoms with Crippen molar-refractivity contribution in [3.63, 3.8) is 0 Å². The number of hydrogen-bond acceptors (Lipinski definition) is 5. The normalized spacial score (nSPS) is 12.6. The molecule has 18 heavy (non-hydrogen) atoms. The fourth-order valence-electron chi connectivity index (χ4n) is 1.49. The van der Waals surface area contributed by atoms with Crippen LogP contribution in [-0.2, 0) is 15.6 Å². The van der Waals surface area contributed by atoms with E-state index >= 15 is 0 Å². The lowest BCUT2D eigenvalue weighted by Gasteiger charge is -2.22. The van der Waals surface area contributed by atoms with E-state index in [0.717, 1.165) is 6.39 Å². The summed E-state index contributed by atoms with van der Waals surface area (Å²) in [6, 6.07) is 8.12. The number of rotatable bonds is 4.